The van der Waals surface area contributed by atoms with Crippen molar-refractivity contribution in [3.05, 3.63) is 0 Å². The van der Waals surface area contributed by atoms with Crippen molar-refractivity contribution >= 4 is 35.8 Å². The number of nitrogens with zero attached hydrogens (tertiary/aromatic N) is 3. The first-order valence-electron chi connectivity index (χ1n) is 8.20. The number of hydrogen-bond donors (Lipinski definition) is 2. The number of rotatable bonds is 6. The summed E-state index contributed by atoms with van der Waals surface area (Å²) in [4.78, 5) is 20.9. The van der Waals surface area contributed by atoms with Gasteiger partial charge in [0.05, 0.1) is 13.2 Å². The summed E-state index contributed by atoms with van der Waals surface area (Å²) in [6, 6.07) is 0.636. The molecule has 0 saturated carbocycles. The lowest BCUT2D eigenvalue weighted by Crippen LogP contribution is -2.46. The molecule has 1 unspecified atom stereocenters. The van der Waals surface area contributed by atoms with Crippen LogP contribution in [0.5, 0.6) is 0 Å². The molecule has 134 valence electrons. The maximum Gasteiger partial charge on any atom is 0.239 e. The maximum atomic E-state index is 11.7. The number of carbonyl (C=O) groups excluding carboxylic acids is 1. The van der Waals surface area contributed by atoms with Gasteiger partial charge in [0.25, 0.3) is 0 Å². The third-order valence-electron chi connectivity index (χ3n) is 4.37. The topological polar surface area (TPSA) is 69.2 Å². The summed E-state index contributed by atoms with van der Waals surface area (Å²) in [5.41, 5.74) is 0. The minimum atomic E-state index is -0.0338. The van der Waals surface area contributed by atoms with Crippen LogP contribution in [0.1, 0.15) is 19.3 Å². The molecule has 0 radical (unpaired) electrons. The van der Waals surface area contributed by atoms with E-state index in [0.29, 0.717) is 19.2 Å². The van der Waals surface area contributed by atoms with Gasteiger partial charge in [-0.15, -0.1) is 24.0 Å². The van der Waals surface area contributed by atoms with Crippen molar-refractivity contribution < 1.29 is 9.53 Å². The Bertz CT molecular complexity index is 388. The molecule has 0 aromatic rings. The van der Waals surface area contributed by atoms with Crippen LogP contribution in [0.25, 0.3) is 0 Å². The average molecular weight is 439 g/mol. The Balaban J connectivity index is 0.00000264. The SMILES string of the molecule is CN=C(NCC(=O)NCCOC)N1CCC(N2CCCC2)C1.I. The molecule has 7 nitrogen and oxygen atoms in total. The van der Waals surface area contributed by atoms with Crippen molar-refractivity contribution in [1.82, 2.24) is 20.4 Å². The Hall–Kier alpha value is -0.610. The largest absolute Gasteiger partial charge is 0.383 e. The summed E-state index contributed by atoms with van der Waals surface area (Å²) in [7, 11) is 3.39. The van der Waals surface area contributed by atoms with Crippen LogP contribution in [0, 0.1) is 0 Å². The smallest absolute Gasteiger partial charge is 0.239 e. The molecule has 0 bridgehead atoms. The Morgan fingerprint density at radius 3 is 2.65 bits per heavy atom. The number of carbonyl (C=O) groups is 1. The van der Waals surface area contributed by atoms with Crippen LogP contribution in [-0.2, 0) is 9.53 Å². The summed E-state index contributed by atoms with van der Waals surface area (Å²) >= 11 is 0. The first kappa shape index (κ1) is 20.4. The normalized spacial score (nSPS) is 22.1. The average Bonchev–Trinajstić information content (AvgIpc) is 3.19. The van der Waals surface area contributed by atoms with Crippen molar-refractivity contribution in [2.45, 2.75) is 25.3 Å². The molecule has 0 aromatic carbocycles. The molecule has 2 fully saturated rings. The number of guanidine groups is 1. The molecule has 2 aliphatic heterocycles. The van der Waals surface area contributed by atoms with Gasteiger partial charge >= 0.3 is 0 Å². The fourth-order valence-electron chi connectivity index (χ4n) is 3.19. The zero-order chi connectivity index (χ0) is 15.8. The molecule has 1 atom stereocenters. The van der Waals surface area contributed by atoms with E-state index < -0.39 is 0 Å². The third kappa shape index (κ3) is 6.42. The maximum absolute atomic E-state index is 11.7. The van der Waals surface area contributed by atoms with Crippen LogP contribution >= 0.6 is 24.0 Å². The number of amides is 1. The van der Waals surface area contributed by atoms with E-state index in [9.17, 15) is 4.79 Å². The van der Waals surface area contributed by atoms with Crippen LogP contribution in [0.4, 0.5) is 0 Å². The van der Waals surface area contributed by atoms with Gasteiger partial charge in [0.1, 0.15) is 0 Å². The van der Waals surface area contributed by atoms with Gasteiger partial charge in [-0.2, -0.15) is 0 Å². The Kier molecular flexibility index (Phi) is 9.80. The van der Waals surface area contributed by atoms with Gasteiger partial charge in [-0.1, -0.05) is 0 Å². The summed E-state index contributed by atoms with van der Waals surface area (Å²) in [5, 5.41) is 5.95. The lowest BCUT2D eigenvalue weighted by molar-refractivity contribution is -0.120. The second-order valence-corrected chi connectivity index (χ2v) is 5.88. The predicted octanol–water partition coefficient (Wildman–Crippen LogP) is 0.113. The van der Waals surface area contributed by atoms with Gasteiger partial charge in [-0.3, -0.25) is 14.7 Å². The molecule has 8 heteroatoms. The van der Waals surface area contributed by atoms with Crippen LogP contribution in [0.3, 0.4) is 0 Å². The van der Waals surface area contributed by atoms with Crippen LogP contribution < -0.4 is 10.6 Å². The van der Waals surface area contributed by atoms with Gasteiger partial charge in [-0.05, 0) is 32.4 Å². The molecule has 2 N–H and O–H groups in total. The molecule has 1 amide bonds. The highest BCUT2D eigenvalue weighted by Crippen LogP contribution is 2.20. The molecule has 2 rings (SSSR count). The van der Waals surface area contributed by atoms with Crippen LogP contribution in [0.2, 0.25) is 0 Å². The highest BCUT2D eigenvalue weighted by atomic mass is 127. The van der Waals surface area contributed by atoms with E-state index in [1.807, 2.05) is 0 Å². The van der Waals surface area contributed by atoms with Gasteiger partial charge in [0.2, 0.25) is 5.91 Å². The van der Waals surface area contributed by atoms with Gasteiger partial charge in [0.15, 0.2) is 5.96 Å². The van der Waals surface area contributed by atoms with E-state index in [0.717, 1.165) is 19.0 Å². The zero-order valence-corrected chi connectivity index (χ0v) is 16.5. The van der Waals surface area contributed by atoms with Crippen LogP contribution in [0.15, 0.2) is 4.99 Å². The quantitative estimate of drug-likeness (QED) is 0.266. The van der Waals surface area contributed by atoms with E-state index in [1.54, 1.807) is 14.2 Å². The monoisotopic (exact) mass is 439 g/mol. The van der Waals surface area contributed by atoms with Crippen molar-refractivity contribution in [1.29, 1.82) is 0 Å². The Morgan fingerprint density at radius 1 is 1.26 bits per heavy atom. The van der Waals surface area contributed by atoms with E-state index >= 15 is 0 Å². The molecular weight excluding hydrogens is 409 g/mol. The minimum Gasteiger partial charge on any atom is -0.383 e. The number of methoxy groups -OCH3 is 1. The summed E-state index contributed by atoms with van der Waals surface area (Å²) in [6.07, 6.45) is 3.83. The Morgan fingerprint density at radius 2 is 2.00 bits per heavy atom. The van der Waals surface area contributed by atoms with E-state index in [4.69, 9.17) is 4.74 Å². The first-order chi connectivity index (χ1) is 10.7. The van der Waals surface area contributed by atoms with Crippen molar-refractivity contribution in [2.75, 3.05) is 60.0 Å². The predicted molar refractivity (Wildman–Crippen MR) is 102 cm³/mol. The fraction of sp³-hybridized carbons (Fsp3) is 0.867. The Labute approximate surface area is 156 Å². The van der Waals surface area contributed by atoms with Gasteiger partial charge in [-0.25, -0.2) is 0 Å². The van der Waals surface area contributed by atoms with E-state index in [-0.39, 0.29) is 36.4 Å². The molecule has 0 aliphatic carbocycles. The van der Waals surface area contributed by atoms with E-state index in [1.165, 1.54) is 32.4 Å². The number of nitrogens with one attached hydrogen (secondary N) is 2. The van der Waals surface area contributed by atoms with Crippen molar-refractivity contribution in [3.63, 3.8) is 0 Å². The summed E-state index contributed by atoms with van der Waals surface area (Å²) < 4.78 is 4.91. The summed E-state index contributed by atoms with van der Waals surface area (Å²) in [6.45, 7) is 5.79. The lowest BCUT2D eigenvalue weighted by Gasteiger charge is -2.25. The van der Waals surface area contributed by atoms with Crippen molar-refractivity contribution in [2.24, 2.45) is 4.99 Å². The molecule has 0 aromatic heterocycles. The number of likely N-dealkylation sites (tertiary alicyclic amines) is 2. The number of halogens is 1. The van der Waals surface area contributed by atoms with Crippen LogP contribution in [-0.4, -0.2) is 87.7 Å². The molecule has 2 aliphatic rings. The number of ether oxygens (including phenoxy) is 1. The van der Waals surface area contributed by atoms with E-state index in [2.05, 4.69) is 25.4 Å². The molecule has 2 saturated heterocycles. The molecule has 2 heterocycles. The lowest BCUT2D eigenvalue weighted by atomic mass is 10.2. The summed E-state index contributed by atoms with van der Waals surface area (Å²) in [5.74, 6) is 0.789. The highest BCUT2D eigenvalue weighted by Gasteiger charge is 2.30. The number of hydrogen-bond acceptors (Lipinski definition) is 4. The minimum absolute atomic E-state index is 0. The zero-order valence-electron chi connectivity index (χ0n) is 14.2. The highest BCUT2D eigenvalue weighted by molar-refractivity contribution is 14.0. The first-order valence-corrected chi connectivity index (χ1v) is 8.20. The second-order valence-electron chi connectivity index (χ2n) is 5.88. The molecular formula is C15H30IN5O2. The van der Waals surface area contributed by atoms with Gasteiger partial charge < -0.3 is 20.3 Å². The van der Waals surface area contributed by atoms with Crippen molar-refractivity contribution in [3.8, 4) is 0 Å². The standard InChI is InChI=1S/C15H29N5O2.HI/c1-16-15(18-11-14(21)17-6-10-22-2)20-9-5-13(12-20)19-7-3-4-8-19;/h13H,3-12H2,1-2H3,(H,16,18)(H,17,21);1H. The fourth-order valence-corrected chi connectivity index (χ4v) is 3.19. The molecule has 0 spiro atoms. The molecule has 23 heavy (non-hydrogen) atoms. The van der Waals surface area contributed by atoms with Gasteiger partial charge in [0, 0.05) is 39.8 Å². The second kappa shape index (κ2) is 11.0. The number of aliphatic imine (C=N–C) groups is 1. The third-order valence-corrected chi connectivity index (χ3v) is 4.37.